The molecule has 0 bridgehead atoms. The van der Waals surface area contributed by atoms with Crippen LogP contribution in [0.4, 0.5) is 5.69 Å². The van der Waals surface area contributed by atoms with Gasteiger partial charge in [-0.2, -0.15) is 0 Å². The lowest BCUT2D eigenvalue weighted by Crippen LogP contribution is -2.01. The molecule has 47 heavy (non-hydrogen) atoms. The highest BCUT2D eigenvalue weighted by Gasteiger charge is 2.19. The van der Waals surface area contributed by atoms with Crippen molar-refractivity contribution in [3.8, 4) is 56.2 Å². The minimum Gasteiger partial charge on any atom is -0.456 e. The van der Waals surface area contributed by atoms with Gasteiger partial charge in [-0.3, -0.25) is 4.79 Å². The maximum atomic E-state index is 13.3. The lowest BCUT2D eigenvalue weighted by atomic mass is 9.96. The molecule has 0 atom stereocenters. The predicted molar refractivity (Wildman–Crippen MR) is 189 cm³/mol. The van der Waals surface area contributed by atoms with Crippen molar-refractivity contribution >= 4 is 27.6 Å². The number of aromatic nitrogens is 2. The first-order valence-corrected chi connectivity index (χ1v) is 15.2. The highest BCUT2D eigenvalue weighted by Crippen LogP contribution is 2.40. The average molecular weight is 604 g/mol. The van der Waals surface area contributed by atoms with E-state index in [0.29, 0.717) is 44.8 Å². The van der Waals surface area contributed by atoms with Gasteiger partial charge in [0.1, 0.15) is 11.2 Å². The zero-order valence-electron chi connectivity index (χ0n) is 25.1. The zero-order chi connectivity index (χ0) is 31.7. The molecular formula is C42H25N3O2. The second kappa shape index (κ2) is 11.7. The average Bonchev–Trinajstić information content (AvgIpc) is 3.15. The van der Waals surface area contributed by atoms with E-state index in [9.17, 15) is 4.79 Å². The van der Waals surface area contributed by atoms with Gasteiger partial charge in [0.15, 0.2) is 5.82 Å². The summed E-state index contributed by atoms with van der Waals surface area (Å²) in [5.41, 5.74) is 9.13. The molecule has 0 aliphatic rings. The lowest BCUT2D eigenvalue weighted by molar-refractivity contribution is 0.660. The standard InChI is InChI=1S/C42H25N3O2/c1-43-40-38(27-12-4-2-5-13-27)44-42(28-14-6-3-7-15-28)45-39(40)33-19-11-18-31(25-33)29-16-10-17-30(24-29)32-22-23-37-35(26-32)41(46)34-20-8-9-21-36(34)47-37/h2-26H. The number of hydrogen-bond donors (Lipinski definition) is 0. The number of rotatable bonds is 5. The third-order valence-corrected chi connectivity index (χ3v) is 8.32. The highest BCUT2D eigenvalue weighted by molar-refractivity contribution is 5.93. The van der Waals surface area contributed by atoms with Gasteiger partial charge in [-0.25, -0.2) is 14.8 Å². The summed E-state index contributed by atoms with van der Waals surface area (Å²) < 4.78 is 6.03. The predicted octanol–water partition coefficient (Wildman–Crippen LogP) is 10.6. The van der Waals surface area contributed by atoms with Crippen LogP contribution in [-0.4, -0.2) is 9.97 Å². The van der Waals surface area contributed by atoms with Crippen molar-refractivity contribution in [2.45, 2.75) is 0 Å². The van der Waals surface area contributed by atoms with Gasteiger partial charge < -0.3 is 4.42 Å². The van der Waals surface area contributed by atoms with Crippen molar-refractivity contribution in [1.82, 2.24) is 9.97 Å². The van der Waals surface area contributed by atoms with Gasteiger partial charge in [0.05, 0.1) is 28.7 Å². The molecule has 6 aromatic carbocycles. The molecule has 0 unspecified atom stereocenters. The quantitative estimate of drug-likeness (QED) is 0.145. The molecule has 2 aromatic heterocycles. The Bertz CT molecular complexity index is 2550. The summed E-state index contributed by atoms with van der Waals surface area (Å²) in [6.45, 7) is 8.17. The molecular weight excluding hydrogens is 578 g/mol. The fourth-order valence-corrected chi connectivity index (χ4v) is 5.98. The first-order valence-electron chi connectivity index (χ1n) is 15.2. The minimum atomic E-state index is -0.0437. The minimum absolute atomic E-state index is 0.0437. The molecule has 0 saturated carbocycles. The first-order chi connectivity index (χ1) is 23.2. The van der Waals surface area contributed by atoms with Crippen molar-refractivity contribution in [2.24, 2.45) is 0 Å². The molecule has 8 aromatic rings. The normalized spacial score (nSPS) is 11.0. The number of para-hydroxylation sites is 1. The molecule has 0 fully saturated rings. The second-order valence-electron chi connectivity index (χ2n) is 11.2. The molecule has 220 valence electrons. The Kier molecular flexibility index (Phi) is 6.94. The Morgan fingerprint density at radius 2 is 0.979 bits per heavy atom. The number of fused-ring (bicyclic) bond motifs is 2. The molecule has 0 spiro atoms. The summed E-state index contributed by atoms with van der Waals surface area (Å²) in [6, 6.07) is 49.0. The van der Waals surface area contributed by atoms with E-state index in [4.69, 9.17) is 21.0 Å². The van der Waals surface area contributed by atoms with E-state index in [2.05, 4.69) is 29.1 Å². The summed E-state index contributed by atoms with van der Waals surface area (Å²) in [5, 5.41) is 1.12. The first kappa shape index (κ1) is 27.9. The maximum absolute atomic E-state index is 13.3. The molecule has 5 heteroatoms. The van der Waals surface area contributed by atoms with Crippen molar-refractivity contribution in [1.29, 1.82) is 0 Å². The van der Waals surface area contributed by atoms with Crippen LogP contribution in [0.2, 0.25) is 0 Å². The van der Waals surface area contributed by atoms with Crippen LogP contribution < -0.4 is 5.43 Å². The molecule has 5 nitrogen and oxygen atoms in total. The van der Waals surface area contributed by atoms with Crippen LogP contribution in [0.3, 0.4) is 0 Å². The Morgan fingerprint density at radius 3 is 1.66 bits per heavy atom. The molecule has 2 heterocycles. The van der Waals surface area contributed by atoms with E-state index in [0.717, 1.165) is 38.9 Å². The van der Waals surface area contributed by atoms with E-state index in [-0.39, 0.29) is 5.43 Å². The van der Waals surface area contributed by atoms with Gasteiger partial charge in [0.2, 0.25) is 11.1 Å². The Balaban J connectivity index is 1.24. The summed E-state index contributed by atoms with van der Waals surface area (Å²) in [7, 11) is 0. The number of benzene rings is 6. The van der Waals surface area contributed by atoms with Crippen LogP contribution in [0.15, 0.2) is 161 Å². The van der Waals surface area contributed by atoms with Gasteiger partial charge in [-0.15, -0.1) is 0 Å². The van der Waals surface area contributed by atoms with Gasteiger partial charge in [0.25, 0.3) is 0 Å². The maximum Gasteiger partial charge on any atom is 0.238 e. The third-order valence-electron chi connectivity index (χ3n) is 8.32. The van der Waals surface area contributed by atoms with E-state index >= 15 is 0 Å². The summed E-state index contributed by atoms with van der Waals surface area (Å²) in [5.74, 6) is 0.563. The lowest BCUT2D eigenvalue weighted by Gasteiger charge is -2.13. The van der Waals surface area contributed by atoms with Crippen molar-refractivity contribution in [2.75, 3.05) is 0 Å². The van der Waals surface area contributed by atoms with E-state index in [1.165, 1.54) is 0 Å². The van der Waals surface area contributed by atoms with E-state index < -0.39 is 0 Å². The molecule has 8 rings (SSSR count). The van der Waals surface area contributed by atoms with Crippen LogP contribution in [0.25, 0.3) is 82.9 Å². The Labute approximate surface area is 270 Å². The highest BCUT2D eigenvalue weighted by atomic mass is 16.3. The Morgan fingerprint density at radius 1 is 0.468 bits per heavy atom. The number of hydrogen-bond acceptors (Lipinski definition) is 4. The van der Waals surface area contributed by atoms with Crippen molar-refractivity contribution < 1.29 is 4.42 Å². The second-order valence-corrected chi connectivity index (χ2v) is 11.2. The van der Waals surface area contributed by atoms with Gasteiger partial charge >= 0.3 is 0 Å². The van der Waals surface area contributed by atoms with Crippen LogP contribution in [0.1, 0.15) is 0 Å². The fraction of sp³-hybridized carbons (Fsp3) is 0. The largest absolute Gasteiger partial charge is 0.456 e. The molecule has 0 aliphatic carbocycles. The summed E-state index contributed by atoms with van der Waals surface area (Å²) in [6.07, 6.45) is 0. The Hall–Kier alpha value is -6.64. The molecule has 0 N–H and O–H groups in total. The van der Waals surface area contributed by atoms with Crippen molar-refractivity contribution in [3.05, 3.63) is 173 Å². The van der Waals surface area contributed by atoms with Crippen molar-refractivity contribution in [3.63, 3.8) is 0 Å². The van der Waals surface area contributed by atoms with Crippen LogP contribution in [0, 0.1) is 6.57 Å². The SMILES string of the molecule is [C-]#[N+]c1c(-c2ccccc2)nc(-c2ccccc2)nc1-c1cccc(-c2cccc(-c3ccc4oc5ccccc5c(=O)c4c3)c2)c1. The van der Waals surface area contributed by atoms with Crippen LogP contribution in [0.5, 0.6) is 0 Å². The van der Waals surface area contributed by atoms with Gasteiger partial charge in [-0.1, -0.05) is 115 Å². The topological polar surface area (TPSA) is 60.4 Å². The molecule has 0 saturated heterocycles. The smallest absolute Gasteiger partial charge is 0.238 e. The fourth-order valence-electron chi connectivity index (χ4n) is 5.98. The zero-order valence-corrected chi connectivity index (χ0v) is 25.1. The van der Waals surface area contributed by atoms with Crippen LogP contribution >= 0.6 is 0 Å². The summed E-state index contributed by atoms with van der Waals surface area (Å²) >= 11 is 0. The number of nitrogens with zero attached hydrogens (tertiary/aromatic N) is 3. The summed E-state index contributed by atoms with van der Waals surface area (Å²) in [4.78, 5) is 27.1. The van der Waals surface area contributed by atoms with E-state index in [1.54, 1.807) is 6.07 Å². The molecule has 0 radical (unpaired) electrons. The van der Waals surface area contributed by atoms with Crippen LogP contribution in [-0.2, 0) is 0 Å². The third kappa shape index (κ3) is 5.14. The monoisotopic (exact) mass is 603 g/mol. The van der Waals surface area contributed by atoms with Gasteiger partial charge in [-0.05, 0) is 69.8 Å². The van der Waals surface area contributed by atoms with Gasteiger partial charge in [0, 0.05) is 5.56 Å². The molecule has 0 amide bonds. The molecule has 0 aliphatic heterocycles. The van der Waals surface area contributed by atoms with E-state index in [1.807, 2.05) is 121 Å².